The molecule has 0 saturated heterocycles. The lowest BCUT2D eigenvalue weighted by Crippen LogP contribution is -2.39. The number of hydrogen-bond acceptors (Lipinski definition) is 3. The Morgan fingerprint density at radius 2 is 2.08 bits per heavy atom. The molecule has 3 atom stereocenters. The molecule has 24 heavy (non-hydrogen) atoms. The van der Waals surface area contributed by atoms with E-state index in [1.54, 1.807) is 18.2 Å². The number of carbonyl (C=O) groups excluding carboxylic acids is 1. The molecule has 0 bridgehead atoms. The van der Waals surface area contributed by atoms with E-state index in [4.69, 9.17) is 5.73 Å². The lowest BCUT2D eigenvalue weighted by molar-refractivity contribution is -0.126. The van der Waals surface area contributed by atoms with E-state index in [2.05, 4.69) is 10.1 Å². The van der Waals surface area contributed by atoms with Gasteiger partial charge in [0.15, 0.2) is 0 Å². The van der Waals surface area contributed by atoms with Crippen LogP contribution in [0.3, 0.4) is 0 Å². The highest BCUT2D eigenvalue weighted by Gasteiger charge is 2.27. The van der Waals surface area contributed by atoms with Gasteiger partial charge in [-0.25, -0.2) is 0 Å². The summed E-state index contributed by atoms with van der Waals surface area (Å²) in [5.41, 5.74) is 6.51. The van der Waals surface area contributed by atoms with E-state index in [9.17, 15) is 13.6 Å². The van der Waals surface area contributed by atoms with Gasteiger partial charge in [0.2, 0.25) is 5.91 Å². The molecule has 0 heterocycles. The number of carbonyl (C=O) groups is 1. The first-order valence-corrected chi connectivity index (χ1v) is 8.11. The van der Waals surface area contributed by atoms with Crippen LogP contribution in [0.1, 0.15) is 50.6 Å². The van der Waals surface area contributed by atoms with E-state index in [1.165, 1.54) is 6.07 Å². The number of halogens is 3. The van der Waals surface area contributed by atoms with Crippen LogP contribution >= 0.6 is 12.4 Å². The molecule has 1 fully saturated rings. The molecule has 2 rings (SSSR count). The molecule has 0 spiro atoms. The van der Waals surface area contributed by atoms with Crippen molar-refractivity contribution in [3.63, 3.8) is 0 Å². The largest absolute Gasteiger partial charge is 0.434 e. The third kappa shape index (κ3) is 5.60. The van der Waals surface area contributed by atoms with Crippen LogP contribution in [-0.4, -0.2) is 18.6 Å². The van der Waals surface area contributed by atoms with Crippen LogP contribution in [0.5, 0.6) is 5.75 Å². The minimum atomic E-state index is -2.89. The molecular formula is C17H25ClF2N2O2. The standard InChI is InChI=1S/C17H24F2N2O2.ClH/c1-2-14(13-8-3-4-9-15(13)23-17(18)19)21-16(22)11-6-5-7-12(20)10-11;/h3-4,8-9,11-12,14,17H,2,5-7,10,20H2,1H3,(H,21,22);1H. The quantitative estimate of drug-likeness (QED) is 0.809. The molecule has 0 radical (unpaired) electrons. The number of alkyl halides is 2. The minimum absolute atomic E-state index is 0. The summed E-state index contributed by atoms with van der Waals surface area (Å²) in [6, 6.07) is 6.30. The van der Waals surface area contributed by atoms with E-state index >= 15 is 0 Å². The Hall–Kier alpha value is -1.40. The van der Waals surface area contributed by atoms with Crippen molar-refractivity contribution in [1.29, 1.82) is 0 Å². The maximum atomic E-state index is 12.5. The lowest BCUT2D eigenvalue weighted by Gasteiger charge is -2.28. The summed E-state index contributed by atoms with van der Waals surface area (Å²) < 4.78 is 29.6. The Labute approximate surface area is 147 Å². The topological polar surface area (TPSA) is 64.4 Å². The van der Waals surface area contributed by atoms with Crippen LogP contribution in [0.25, 0.3) is 0 Å². The normalized spacial score (nSPS) is 21.7. The van der Waals surface area contributed by atoms with E-state index < -0.39 is 6.61 Å². The average molecular weight is 363 g/mol. The van der Waals surface area contributed by atoms with Crippen LogP contribution in [0.4, 0.5) is 8.78 Å². The molecule has 7 heteroatoms. The maximum Gasteiger partial charge on any atom is 0.387 e. The first-order valence-electron chi connectivity index (χ1n) is 8.11. The van der Waals surface area contributed by atoms with Gasteiger partial charge in [0.25, 0.3) is 0 Å². The summed E-state index contributed by atoms with van der Waals surface area (Å²) in [6.45, 7) is -0.989. The molecule has 1 aromatic carbocycles. The highest BCUT2D eigenvalue weighted by atomic mass is 35.5. The molecule has 1 aliphatic rings. The zero-order chi connectivity index (χ0) is 16.8. The predicted molar refractivity (Wildman–Crippen MR) is 91.4 cm³/mol. The second kappa shape index (κ2) is 9.79. The maximum absolute atomic E-state index is 12.5. The molecule has 3 N–H and O–H groups in total. The molecule has 0 aromatic heterocycles. The first-order chi connectivity index (χ1) is 11.0. The van der Waals surface area contributed by atoms with E-state index in [-0.39, 0.29) is 42.1 Å². The molecular weight excluding hydrogens is 338 g/mol. The van der Waals surface area contributed by atoms with Crippen molar-refractivity contribution in [2.45, 2.75) is 57.7 Å². The summed E-state index contributed by atoms with van der Waals surface area (Å²) >= 11 is 0. The molecule has 1 saturated carbocycles. The van der Waals surface area contributed by atoms with Crippen LogP contribution < -0.4 is 15.8 Å². The van der Waals surface area contributed by atoms with Gasteiger partial charge in [-0.2, -0.15) is 8.78 Å². The third-order valence-electron chi connectivity index (χ3n) is 4.32. The van der Waals surface area contributed by atoms with Crippen molar-refractivity contribution in [3.8, 4) is 5.75 Å². The molecule has 3 unspecified atom stereocenters. The average Bonchev–Trinajstić information content (AvgIpc) is 2.52. The zero-order valence-corrected chi connectivity index (χ0v) is 14.5. The number of nitrogens with one attached hydrogen (secondary N) is 1. The van der Waals surface area contributed by atoms with Gasteiger partial charge in [0.05, 0.1) is 6.04 Å². The number of para-hydroxylation sites is 1. The van der Waals surface area contributed by atoms with Gasteiger partial charge in [-0.1, -0.05) is 31.5 Å². The van der Waals surface area contributed by atoms with Crippen molar-refractivity contribution < 1.29 is 18.3 Å². The van der Waals surface area contributed by atoms with Crippen molar-refractivity contribution in [2.24, 2.45) is 11.7 Å². The second-order valence-corrected chi connectivity index (χ2v) is 6.01. The molecule has 4 nitrogen and oxygen atoms in total. The van der Waals surface area contributed by atoms with Gasteiger partial charge in [0.1, 0.15) is 5.75 Å². The van der Waals surface area contributed by atoms with Gasteiger partial charge >= 0.3 is 6.61 Å². The number of benzene rings is 1. The Morgan fingerprint density at radius 3 is 2.71 bits per heavy atom. The molecule has 1 amide bonds. The molecule has 1 aromatic rings. The van der Waals surface area contributed by atoms with Crippen molar-refractivity contribution in [2.75, 3.05) is 0 Å². The van der Waals surface area contributed by atoms with E-state index in [0.29, 0.717) is 18.4 Å². The number of rotatable bonds is 6. The summed E-state index contributed by atoms with van der Waals surface area (Å²) in [5.74, 6) is -0.0511. The first kappa shape index (κ1) is 20.6. The summed E-state index contributed by atoms with van der Waals surface area (Å²) in [4.78, 5) is 12.5. The fourth-order valence-corrected chi connectivity index (χ4v) is 3.13. The van der Waals surface area contributed by atoms with Crippen molar-refractivity contribution >= 4 is 18.3 Å². The smallest absolute Gasteiger partial charge is 0.387 e. The summed E-state index contributed by atoms with van der Waals surface area (Å²) in [7, 11) is 0. The zero-order valence-electron chi connectivity index (χ0n) is 13.7. The van der Waals surface area contributed by atoms with Gasteiger partial charge in [-0.15, -0.1) is 12.4 Å². The minimum Gasteiger partial charge on any atom is -0.434 e. The lowest BCUT2D eigenvalue weighted by atomic mass is 9.85. The van der Waals surface area contributed by atoms with Gasteiger partial charge < -0.3 is 15.8 Å². The number of nitrogens with two attached hydrogens (primary N) is 1. The SMILES string of the molecule is CCC(NC(=O)C1CCCC(N)C1)c1ccccc1OC(F)F.Cl. The van der Waals surface area contributed by atoms with Crippen LogP contribution in [0.15, 0.2) is 24.3 Å². The van der Waals surface area contributed by atoms with E-state index in [0.717, 1.165) is 19.3 Å². The van der Waals surface area contributed by atoms with Crippen molar-refractivity contribution in [1.82, 2.24) is 5.32 Å². The Balaban J connectivity index is 0.00000288. The predicted octanol–water partition coefficient (Wildman–Crippen LogP) is 3.79. The fraction of sp³-hybridized carbons (Fsp3) is 0.588. The Morgan fingerprint density at radius 1 is 1.38 bits per heavy atom. The van der Waals surface area contributed by atoms with Gasteiger partial charge in [0, 0.05) is 17.5 Å². The summed E-state index contributed by atoms with van der Waals surface area (Å²) in [6.07, 6.45) is 3.99. The fourth-order valence-electron chi connectivity index (χ4n) is 3.13. The molecule has 0 aliphatic heterocycles. The number of ether oxygens (including phenoxy) is 1. The van der Waals surface area contributed by atoms with Crippen LogP contribution in [0.2, 0.25) is 0 Å². The van der Waals surface area contributed by atoms with Gasteiger partial charge in [-0.05, 0) is 31.7 Å². The number of amides is 1. The number of hydrogen-bond donors (Lipinski definition) is 2. The van der Waals surface area contributed by atoms with Gasteiger partial charge in [-0.3, -0.25) is 4.79 Å². The van der Waals surface area contributed by atoms with Crippen molar-refractivity contribution in [3.05, 3.63) is 29.8 Å². The molecule has 1 aliphatic carbocycles. The molecule has 136 valence electrons. The summed E-state index contributed by atoms with van der Waals surface area (Å²) in [5, 5.41) is 2.97. The highest BCUT2D eigenvalue weighted by molar-refractivity contribution is 5.85. The van der Waals surface area contributed by atoms with E-state index in [1.807, 2.05) is 6.92 Å². The monoisotopic (exact) mass is 362 g/mol. The van der Waals surface area contributed by atoms with Crippen LogP contribution in [0, 0.1) is 5.92 Å². The second-order valence-electron chi connectivity index (χ2n) is 6.01. The Bertz CT molecular complexity index is 531. The Kier molecular flexibility index (Phi) is 8.42. The highest BCUT2D eigenvalue weighted by Crippen LogP contribution is 2.30. The third-order valence-corrected chi connectivity index (χ3v) is 4.32. The van der Waals surface area contributed by atoms with Crippen LogP contribution in [-0.2, 0) is 4.79 Å².